The first-order valence-electron chi connectivity index (χ1n) is 11.9. The molecule has 0 aliphatic carbocycles. The summed E-state index contributed by atoms with van der Waals surface area (Å²) in [4.78, 5) is 52.1. The van der Waals surface area contributed by atoms with Crippen molar-refractivity contribution < 1.29 is 24.3 Å². The van der Waals surface area contributed by atoms with Gasteiger partial charge in [-0.05, 0) is 30.4 Å². The van der Waals surface area contributed by atoms with Crippen molar-refractivity contribution in [3.8, 4) is 0 Å². The van der Waals surface area contributed by atoms with Crippen molar-refractivity contribution in [2.45, 2.75) is 49.9 Å². The van der Waals surface area contributed by atoms with Crippen LogP contribution in [0.25, 0.3) is 0 Å². The van der Waals surface area contributed by atoms with E-state index in [2.05, 4.69) is 23.3 Å². The van der Waals surface area contributed by atoms with E-state index in [1.165, 1.54) is 4.90 Å². The van der Waals surface area contributed by atoms with E-state index in [-0.39, 0.29) is 12.2 Å². The Labute approximate surface area is 215 Å². The van der Waals surface area contributed by atoms with Gasteiger partial charge < -0.3 is 26.4 Å². The van der Waals surface area contributed by atoms with Crippen molar-refractivity contribution >= 4 is 36.3 Å². The number of thiol groups is 1. The predicted octanol–water partition coefficient (Wildman–Crippen LogP) is 0.774. The van der Waals surface area contributed by atoms with Gasteiger partial charge in [0.2, 0.25) is 17.7 Å². The number of rotatable bonds is 11. The number of benzene rings is 2. The summed E-state index contributed by atoms with van der Waals surface area (Å²) < 4.78 is 0. The van der Waals surface area contributed by atoms with Crippen LogP contribution in [0, 0.1) is 0 Å². The second-order valence-electron chi connectivity index (χ2n) is 8.82. The van der Waals surface area contributed by atoms with E-state index in [1.54, 1.807) is 0 Å². The Morgan fingerprint density at radius 3 is 2.03 bits per heavy atom. The molecule has 0 saturated carbocycles. The first-order chi connectivity index (χ1) is 17.3. The fourth-order valence-corrected chi connectivity index (χ4v) is 4.50. The maximum Gasteiger partial charge on any atom is 0.326 e. The number of nitrogens with zero attached hydrogens (tertiary/aromatic N) is 1. The van der Waals surface area contributed by atoms with Crippen LogP contribution in [0.5, 0.6) is 0 Å². The second kappa shape index (κ2) is 13.1. The second-order valence-corrected chi connectivity index (χ2v) is 9.18. The molecule has 3 rings (SSSR count). The van der Waals surface area contributed by atoms with Crippen molar-refractivity contribution in [3.05, 3.63) is 71.8 Å². The number of amides is 3. The molecule has 4 unspecified atom stereocenters. The van der Waals surface area contributed by atoms with Gasteiger partial charge in [0.15, 0.2) is 0 Å². The molecule has 10 heteroatoms. The highest BCUT2D eigenvalue weighted by molar-refractivity contribution is 7.80. The molecule has 4 atom stereocenters. The van der Waals surface area contributed by atoms with E-state index in [1.807, 2.05) is 60.7 Å². The van der Waals surface area contributed by atoms with Crippen molar-refractivity contribution in [2.24, 2.45) is 5.73 Å². The molecule has 1 heterocycles. The molecule has 1 fully saturated rings. The topological polar surface area (TPSA) is 142 Å². The molecule has 0 spiro atoms. The first-order valence-corrected chi connectivity index (χ1v) is 12.5. The maximum atomic E-state index is 13.4. The summed E-state index contributed by atoms with van der Waals surface area (Å²) in [7, 11) is 0. The van der Waals surface area contributed by atoms with Crippen LogP contribution in [-0.2, 0) is 32.0 Å². The highest BCUT2D eigenvalue weighted by Crippen LogP contribution is 2.20. The van der Waals surface area contributed by atoms with Crippen LogP contribution in [0.2, 0.25) is 0 Å². The van der Waals surface area contributed by atoms with Gasteiger partial charge in [-0.15, -0.1) is 0 Å². The average molecular weight is 513 g/mol. The molecule has 0 aromatic heterocycles. The predicted molar refractivity (Wildman–Crippen MR) is 138 cm³/mol. The van der Waals surface area contributed by atoms with Crippen molar-refractivity contribution in [3.63, 3.8) is 0 Å². The minimum absolute atomic E-state index is 0.0106. The molecule has 1 aliphatic rings. The average Bonchev–Trinajstić information content (AvgIpc) is 3.38. The van der Waals surface area contributed by atoms with Crippen molar-refractivity contribution in [2.75, 3.05) is 12.3 Å². The molecule has 3 amide bonds. The zero-order valence-electron chi connectivity index (χ0n) is 19.9. The zero-order valence-corrected chi connectivity index (χ0v) is 20.8. The van der Waals surface area contributed by atoms with Crippen LogP contribution >= 0.6 is 12.6 Å². The summed E-state index contributed by atoms with van der Waals surface area (Å²) >= 11 is 4.21. The zero-order chi connectivity index (χ0) is 26.1. The highest BCUT2D eigenvalue weighted by Gasteiger charge is 2.38. The lowest BCUT2D eigenvalue weighted by atomic mass is 10.0. The third kappa shape index (κ3) is 7.32. The number of carbonyl (C=O) groups excluding carboxylic acids is 3. The van der Waals surface area contributed by atoms with Crippen LogP contribution in [0.1, 0.15) is 24.0 Å². The maximum absolute atomic E-state index is 13.4. The van der Waals surface area contributed by atoms with Gasteiger partial charge in [0.25, 0.3) is 0 Å². The largest absolute Gasteiger partial charge is 0.480 e. The molecule has 0 bridgehead atoms. The standard InChI is InChI=1S/C26H32N4O5S/c27-19(14-17-8-3-1-4-9-17)23(31)29-21(16-36)24(32)28-20(15-18-10-5-2-6-11-18)25(33)30-13-7-12-22(30)26(34)35/h1-6,8-11,19-22,36H,7,12-16,27H2,(H,28,32)(H,29,31)(H,34,35). The first kappa shape index (κ1) is 27.2. The van der Waals surface area contributed by atoms with Crippen LogP contribution in [-0.4, -0.2) is 70.2 Å². The molecule has 192 valence electrons. The molecular formula is C26H32N4O5S. The molecule has 5 N–H and O–H groups in total. The van der Waals surface area contributed by atoms with E-state index in [4.69, 9.17) is 5.73 Å². The smallest absolute Gasteiger partial charge is 0.326 e. The summed E-state index contributed by atoms with van der Waals surface area (Å²) in [6.07, 6.45) is 1.41. The number of carboxylic acids is 1. The Bertz CT molecular complexity index is 1050. The Hall–Kier alpha value is -3.37. The number of carbonyl (C=O) groups is 4. The molecule has 0 radical (unpaired) electrons. The number of hydrogen-bond acceptors (Lipinski definition) is 6. The van der Waals surface area contributed by atoms with E-state index < -0.39 is 47.9 Å². The molecule has 36 heavy (non-hydrogen) atoms. The molecule has 1 aliphatic heterocycles. The Kier molecular flexibility index (Phi) is 9.89. The Balaban J connectivity index is 1.70. The molecular weight excluding hydrogens is 480 g/mol. The molecule has 1 saturated heterocycles. The van der Waals surface area contributed by atoms with E-state index in [9.17, 15) is 24.3 Å². The number of hydrogen-bond donors (Lipinski definition) is 5. The van der Waals surface area contributed by atoms with Crippen molar-refractivity contribution in [1.29, 1.82) is 0 Å². The van der Waals surface area contributed by atoms with Gasteiger partial charge >= 0.3 is 5.97 Å². The quantitative estimate of drug-likeness (QED) is 0.282. The van der Waals surface area contributed by atoms with Gasteiger partial charge in [-0.3, -0.25) is 14.4 Å². The Morgan fingerprint density at radius 1 is 0.917 bits per heavy atom. The molecule has 2 aromatic carbocycles. The Morgan fingerprint density at radius 2 is 1.47 bits per heavy atom. The van der Waals surface area contributed by atoms with Crippen LogP contribution < -0.4 is 16.4 Å². The van der Waals surface area contributed by atoms with E-state index in [0.29, 0.717) is 25.8 Å². The lowest BCUT2D eigenvalue weighted by molar-refractivity contribution is -0.149. The van der Waals surface area contributed by atoms with Gasteiger partial charge in [-0.25, -0.2) is 4.79 Å². The summed E-state index contributed by atoms with van der Waals surface area (Å²) in [5.74, 6) is -2.65. The van der Waals surface area contributed by atoms with Crippen LogP contribution in [0.15, 0.2) is 60.7 Å². The summed E-state index contributed by atoms with van der Waals surface area (Å²) in [5, 5.41) is 14.9. The number of nitrogens with one attached hydrogen (secondary N) is 2. The van der Waals surface area contributed by atoms with E-state index in [0.717, 1.165) is 11.1 Å². The van der Waals surface area contributed by atoms with Crippen molar-refractivity contribution in [1.82, 2.24) is 15.5 Å². The highest BCUT2D eigenvalue weighted by atomic mass is 32.1. The van der Waals surface area contributed by atoms with Crippen LogP contribution in [0.4, 0.5) is 0 Å². The lowest BCUT2D eigenvalue weighted by Gasteiger charge is -2.29. The summed E-state index contributed by atoms with van der Waals surface area (Å²) in [6, 6.07) is 14.6. The number of carboxylic acid groups (broad SMARTS) is 1. The third-order valence-corrected chi connectivity index (χ3v) is 6.53. The normalized spacial score (nSPS) is 17.6. The molecule has 9 nitrogen and oxygen atoms in total. The lowest BCUT2D eigenvalue weighted by Crippen LogP contribution is -2.58. The van der Waals surface area contributed by atoms with Gasteiger partial charge in [0, 0.05) is 18.7 Å². The number of nitrogens with two attached hydrogens (primary N) is 1. The fraction of sp³-hybridized carbons (Fsp3) is 0.385. The summed E-state index contributed by atoms with van der Waals surface area (Å²) in [6.45, 7) is 0.304. The van der Waals surface area contributed by atoms with Gasteiger partial charge in [-0.1, -0.05) is 60.7 Å². The van der Waals surface area contributed by atoms with Gasteiger partial charge in [0.05, 0.1) is 6.04 Å². The van der Waals surface area contributed by atoms with Crippen LogP contribution in [0.3, 0.4) is 0 Å². The van der Waals surface area contributed by atoms with Gasteiger partial charge in [-0.2, -0.15) is 12.6 Å². The third-order valence-electron chi connectivity index (χ3n) is 6.17. The van der Waals surface area contributed by atoms with E-state index >= 15 is 0 Å². The molecule has 2 aromatic rings. The number of likely N-dealkylation sites (tertiary alicyclic amines) is 1. The minimum atomic E-state index is -1.07. The minimum Gasteiger partial charge on any atom is -0.480 e. The monoisotopic (exact) mass is 512 g/mol. The number of aliphatic carboxylic acids is 1. The fourth-order valence-electron chi connectivity index (χ4n) is 4.24. The summed E-state index contributed by atoms with van der Waals surface area (Å²) in [5.41, 5.74) is 7.74. The van der Waals surface area contributed by atoms with Gasteiger partial charge in [0.1, 0.15) is 18.1 Å². The SMILES string of the molecule is NC(Cc1ccccc1)C(=O)NC(CS)C(=O)NC(Cc1ccccc1)C(=O)N1CCCC1C(=O)O.